The van der Waals surface area contributed by atoms with Crippen LogP contribution in [0.3, 0.4) is 0 Å². The van der Waals surface area contributed by atoms with Crippen LogP contribution in [0.1, 0.15) is 5.56 Å². The van der Waals surface area contributed by atoms with Crippen LogP contribution in [0.5, 0.6) is 0 Å². The van der Waals surface area contributed by atoms with E-state index in [1.807, 2.05) is 31.1 Å². The lowest BCUT2D eigenvalue weighted by Crippen LogP contribution is -2.13. The van der Waals surface area contributed by atoms with Gasteiger partial charge in [-0.2, -0.15) is 13.2 Å². The lowest BCUT2D eigenvalue weighted by molar-refractivity contribution is -0.137. The van der Waals surface area contributed by atoms with E-state index >= 15 is 0 Å². The number of rotatable bonds is 6. The quantitative estimate of drug-likeness (QED) is 0.272. The van der Waals surface area contributed by atoms with E-state index in [4.69, 9.17) is 4.42 Å². The Labute approximate surface area is 209 Å². The minimum absolute atomic E-state index is 0.0351. The van der Waals surface area contributed by atoms with Crippen molar-refractivity contribution in [3.05, 3.63) is 79.0 Å². The molecule has 0 saturated carbocycles. The molecule has 0 bridgehead atoms. The van der Waals surface area contributed by atoms with Gasteiger partial charge in [0.05, 0.1) is 11.8 Å². The average molecular weight is 506 g/mol. The highest BCUT2D eigenvalue weighted by Gasteiger charge is 2.31. The zero-order valence-corrected chi connectivity index (χ0v) is 19.9. The lowest BCUT2D eigenvalue weighted by Gasteiger charge is -2.13. The molecule has 0 atom stereocenters. The Balaban J connectivity index is 1.56. The van der Waals surface area contributed by atoms with Crippen molar-refractivity contribution in [1.29, 1.82) is 0 Å². The van der Waals surface area contributed by atoms with Gasteiger partial charge >= 0.3 is 6.18 Å². The highest BCUT2D eigenvalue weighted by atomic mass is 19.4. The fourth-order valence-corrected chi connectivity index (χ4v) is 4.08. The summed E-state index contributed by atoms with van der Waals surface area (Å²) in [6, 6.07) is 8.90. The van der Waals surface area contributed by atoms with Crippen molar-refractivity contribution in [1.82, 2.24) is 19.9 Å². The summed E-state index contributed by atoms with van der Waals surface area (Å²) >= 11 is 0. The Hall–Kier alpha value is -4.44. The second-order valence-electron chi connectivity index (χ2n) is 8.77. The number of carbonyl (C=O) groups excluding carboxylic acids is 1. The standard InChI is InChI=1S/C27H22F3N5O2/c1-35(2)8-3-4-24(36)34-19-11-16(10-18(13-19)27(28,29)30)17-12-22-23(15-33-25(22)32-14-17)20-5-7-31-26-21(20)6-9-37-26/h3-7,9-15H,8H2,1-2H3,(H,32,33)(H,34,36). The number of aromatic nitrogens is 3. The monoisotopic (exact) mass is 505 g/mol. The van der Waals surface area contributed by atoms with Gasteiger partial charge in [-0.3, -0.25) is 4.79 Å². The van der Waals surface area contributed by atoms with E-state index in [2.05, 4.69) is 20.3 Å². The molecule has 0 aliphatic rings. The number of furan rings is 1. The third-order valence-electron chi connectivity index (χ3n) is 5.79. The molecule has 7 nitrogen and oxygen atoms in total. The molecule has 4 aromatic heterocycles. The summed E-state index contributed by atoms with van der Waals surface area (Å²) in [5.74, 6) is -0.518. The van der Waals surface area contributed by atoms with Crippen LogP contribution in [-0.2, 0) is 11.0 Å². The van der Waals surface area contributed by atoms with E-state index < -0.39 is 17.6 Å². The number of fused-ring (bicyclic) bond motifs is 2. The van der Waals surface area contributed by atoms with Gasteiger partial charge in [-0.1, -0.05) is 6.08 Å². The van der Waals surface area contributed by atoms with Crippen molar-refractivity contribution in [2.24, 2.45) is 0 Å². The van der Waals surface area contributed by atoms with Gasteiger partial charge in [0.1, 0.15) is 5.65 Å². The van der Waals surface area contributed by atoms with Gasteiger partial charge in [-0.15, -0.1) is 0 Å². The topological polar surface area (TPSA) is 87.0 Å². The van der Waals surface area contributed by atoms with E-state index in [-0.39, 0.29) is 11.3 Å². The SMILES string of the molecule is CN(C)CC=CC(=O)Nc1cc(-c2cnc3[nH]cc(-c4ccnc5occc45)c3c2)cc(C(F)(F)F)c1. The highest BCUT2D eigenvalue weighted by molar-refractivity contribution is 6.03. The number of nitrogens with one attached hydrogen (secondary N) is 2. The van der Waals surface area contributed by atoms with E-state index in [0.29, 0.717) is 23.5 Å². The smallest absolute Gasteiger partial charge is 0.416 e. The zero-order chi connectivity index (χ0) is 26.2. The van der Waals surface area contributed by atoms with Crippen LogP contribution in [0.4, 0.5) is 18.9 Å². The van der Waals surface area contributed by atoms with Gasteiger partial charge in [0.15, 0.2) is 0 Å². The van der Waals surface area contributed by atoms with Gasteiger partial charge in [-0.05, 0) is 61.6 Å². The maximum atomic E-state index is 13.7. The Kier molecular flexibility index (Phi) is 6.26. The number of hydrogen-bond donors (Lipinski definition) is 2. The average Bonchev–Trinajstić information content (AvgIpc) is 3.49. The predicted octanol–water partition coefficient (Wildman–Crippen LogP) is 6.11. The van der Waals surface area contributed by atoms with Crippen LogP contribution in [-0.4, -0.2) is 46.4 Å². The van der Waals surface area contributed by atoms with Crippen molar-refractivity contribution >= 4 is 33.7 Å². The first kappa shape index (κ1) is 24.3. The van der Waals surface area contributed by atoms with Crippen LogP contribution in [0.15, 0.2) is 77.8 Å². The Morgan fingerprint density at radius 1 is 1.08 bits per heavy atom. The molecule has 1 amide bonds. The fourth-order valence-electron chi connectivity index (χ4n) is 4.08. The zero-order valence-electron chi connectivity index (χ0n) is 19.9. The van der Waals surface area contributed by atoms with E-state index in [9.17, 15) is 18.0 Å². The molecule has 4 heterocycles. The van der Waals surface area contributed by atoms with Gasteiger partial charge < -0.3 is 19.6 Å². The number of aromatic amines is 1. The van der Waals surface area contributed by atoms with Gasteiger partial charge in [0.2, 0.25) is 11.6 Å². The molecule has 10 heteroatoms. The molecule has 0 aliphatic carbocycles. The van der Waals surface area contributed by atoms with Crippen molar-refractivity contribution < 1.29 is 22.4 Å². The maximum Gasteiger partial charge on any atom is 0.416 e. The largest absolute Gasteiger partial charge is 0.446 e. The maximum absolute atomic E-state index is 13.7. The molecule has 188 valence electrons. The molecule has 5 rings (SSSR count). The van der Waals surface area contributed by atoms with Crippen LogP contribution in [0.25, 0.3) is 44.4 Å². The first-order chi connectivity index (χ1) is 17.7. The summed E-state index contributed by atoms with van der Waals surface area (Å²) < 4.78 is 46.6. The van der Waals surface area contributed by atoms with Gasteiger partial charge in [0.25, 0.3) is 0 Å². The number of hydrogen-bond acceptors (Lipinski definition) is 5. The first-order valence-corrected chi connectivity index (χ1v) is 11.3. The number of benzene rings is 1. The van der Waals surface area contributed by atoms with Crippen LogP contribution in [0, 0.1) is 0 Å². The number of halogens is 3. The highest BCUT2D eigenvalue weighted by Crippen LogP contribution is 2.38. The molecule has 1 aromatic carbocycles. The molecular weight excluding hydrogens is 483 g/mol. The second-order valence-corrected chi connectivity index (χ2v) is 8.77. The van der Waals surface area contributed by atoms with Crippen LogP contribution < -0.4 is 5.32 Å². The molecule has 2 N–H and O–H groups in total. The predicted molar refractivity (Wildman–Crippen MR) is 136 cm³/mol. The minimum Gasteiger partial charge on any atom is -0.446 e. The summed E-state index contributed by atoms with van der Waals surface area (Å²) in [4.78, 5) is 25.9. The van der Waals surface area contributed by atoms with Crippen molar-refractivity contribution in [2.75, 3.05) is 26.0 Å². The molecule has 0 unspecified atom stereocenters. The van der Waals surface area contributed by atoms with Gasteiger partial charge in [0, 0.05) is 58.8 Å². The summed E-state index contributed by atoms with van der Waals surface area (Å²) in [5, 5.41) is 4.07. The van der Waals surface area contributed by atoms with Crippen molar-refractivity contribution in [3.8, 4) is 22.3 Å². The second kappa shape index (κ2) is 9.55. The molecular formula is C27H22F3N5O2. The van der Waals surface area contributed by atoms with E-state index in [1.54, 1.807) is 30.8 Å². The molecule has 0 spiro atoms. The lowest BCUT2D eigenvalue weighted by atomic mass is 9.99. The molecule has 0 radical (unpaired) electrons. The summed E-state index contributed by atoms with van der Waals surface area (Å²) in [7, 11) is 3.68. The summed E-state index contributed by atoms with van der Waals surface area (Å²) in [6.07, 6.45) is 4.80. The number of carbonyl (C=O) groups is 1. The van der Waals surface area contributed by atoms with Gasteiger partial charge in [-0.25, -0.2) is 9.97 Å². The molecule has 5 aromatic rings. The van der Waals surface area contributed by atoms with E-state index in [1.165, 1.54) is 18.3 Å². The van der Waals surface area contributed by atoms with Crippen LogP contribution >= 0.6 is 0 Å². The number of anilines is 1. The number of H-pyrrole nitrogens is 1. The fraction of sp³-hybridized carbons (Fsp3) is 0.148. The third-order valence-corrected chi connectivity index (χ3v) is 5.79. The minimum atomic E-state index is -4.60. The van der Waals surface area contributed by atoms with Crippen molar-refractivity contribution in [2.45, 2.75) is 6.18 Å². The normalized spacial score (nSPS) is 12.3. The number of nitrogens with zero attached hydrogens (tertiary/aromatic N) is 3. The Morgan fingerprint density at radius 3 is 2.70 bits per heavy atom. The number of likely N-dealkylation sites (N-methyl/N-ethyl adjacent to an activating group) is 1. The molecule has 37 heavy (non-hydrogen) atoms. The Bertz CT molecular complexity index is 1630. The molecule has 0 saturated heterocycles. The van der Waals surface area contributed by atoms with Crippen LogP contribution in [0.2, 0.25) is 0 Å². The number of alkyl halides is 3. The summed E-state index contributed by atoms with van der Waals surface area (Å²) in [6.45, 7) is 0.522. The number of amides is 1. The van der Waals surface area contributed by atoms with E-state index in [0.717, 1.165) is 34.0 Å². The summed E-state index contributed by atoms with van der Waals surface area (Å²) in [5.41, 5.74) is 2.62. The molecule has 0 fully saturated rings. The third kappa shape index (κ3) is 5.10. The Morgan fingerprint density at radius 2 is 1.92 bits per heavy atom. The first-order valence-electron chi connectivity index (χ1n) is 11.3. The molecule has 0 aliphatic heterocycles. The van der Waals surface area contributed by atoms with Crippen molar-refractivity contribution in [3.63, 3.8) is 0 Å². The number of pyridine rings is 2.